The van der Waals surface area contributed by atoms with Crippen molar-refractivity contribution in [2.24, 2.45) is 5.73 Å². The second-order valence-electron chi connectivity index (χ2n) is 5.55. The Bertz CT molecular complexity index is 578. The molecule has 2 heterocycles. The van der Waals surface area contributed by atoms with Gasteiger partial charge in [-0.3, -0.25) is 4.79 Å². The van der Waals surface area contributed by atoms with E-state index in [1.54, 1.807) is 22.4 Å². The third kappa shape index (κ3) is 4.28. The van der Waals surface area contributed by atoms with Gasteiger partial charge in [0, 0.05) is 19.1 Å². The van der Waals surface area contributed by atoms with E-state index in [4.69, 9.17) is 5.73 Å². The number of sulfonamides is 1. The largest absolute Gasteiger partial charge is 0.341 e. The Balaban J connectivity index is 1.86. The number of carbonyl (C=O) groups is 1. The highest BCUT2D eigenvalue weighted by Gasteiger charge is 2.28. The molecule has 3 N–H and O–H groups in total. The fraction of sp³-hybridized carbons (Fsp3) is 0.643. The number of thiophene rings is 1. The van der Waals surface area contributed by atoms with Gasteiger partial charge in [-0.2, -0.15) is 0 Å². The summed E-state index contributed by atoms with van der Waals surface area (Å²) in [6.07, 6.45) is 2.80. The van der Waals surface area contributed by atoms with E-state index >= 15 is 0 Å². The number of carbonyl (C=O) groups excluding carboxylic acids is 1. The van der Waals surface area contributed by atoms with E-state index in [0.29, 0.717) is 36.6 Å². The molecule has 1 aromatic rings. The number of amides is 1. The van der Waals surface area contributed by atoms with Gasteiger partial charge in [-0.15, -0.1) is 11.3 Å². The number of nitrogens with two attached hydrogens (primary N) is 1. The Morgan fingerprint density at radius 1 is 1.50 bits per heavy atom. The van der Waals surface area contributed by atoms with Gasteiger partial charge in [0.2, 0.25) is 15.9 Å². The molecule has 22 heavy (non-hydrogen) atoms. The molecule has 124 valence electrons. The van der Waals surface area contributed by atoms with E-state index < -0.39 is 16.1 Å². The normalized spacial score (nSPS) is 18.4. The lowest BCUT2D eigenvalue weighted by molar-refractivity contribution is -0.133. The molecule has 0 spiro atoms. The molecule has 0 aliphatic carbocycles. The highest BCUT2D eigenvalue weighted by Crippen LogP contribution is 2.19. The molecule has 1 saturated heterocycles. The van der Waals surface area contributed by atoms with Crippen LogP contribution in [0.4, 0.5) is 0 Å². The molecule has 1 amide bonds. The first-order chi connectivity index (χ1) is 10.4. The summed E-state index contributed by atoms with van der Waals surface area (Å²) in [7, 11) is -3.44. The summed E-state index contributed by atoms with van der Waals surface area (Å²) in [4.78, 5) is 13.9. The van der Waals surface area contributed by atoms with Crippen LogP contribution in [0.15, 0.2) is 21.7 Å². The standard InChI is InChI=1S/C14H23N3O3S2/c1-2-4-12(15)14(18)17-8-6-11(7-9-17)16-22(19,20)13-5-3-10-21-13/h3,5,10-12,16H,2,4,6-9,15H2,1H3. The molecule has 1 aliphatic heterocycles. The van der Waals surface area contributed by atoms with Crippen molar-refractivity contribution in [3.8, 4) is 0 Å². The van der Waals surface area contributed by atoms with Crippen molar-refractivity contribution in [3.63, 3.8) is 0 Å². The van der Waals surface area contributed by atoms with Crippen LogP contribution < -0.4 is 10.5 Å². The van der Waals surface area contributed by atoms with Crippen LogP contribution in [0.25, 0.3) is 0 Å². The molecule has 6 nitrogen and oxygen atoms in total. The quantitative estimate of drug-likeness (QED) is 0.809. The molecule has 1 atom stereocenters. The molecule has 2 rings (SSSR count). The molecule has 0 aromatic carbocycles. The molecular formula is C14H23N3O3S2. The molecule has 8 heteroatoms. The Morgan fingerprint density at radius 2 is 2.18 bits per heavy atom. The first kappa shape index (κ1) is 17.4. The number of nitrogens with one attached hydrogen (secondary N) is 1. The van der Waals surface area contributed by atoms with E-state index in [-0.39, 0.29) is 11.9 Å². The summed E-state index contributed by atoms with van der Waals surface area (Å²) in [5.74, 6) is -0.0265. The van der Waals surface area contributed by atoms with Crippen molar-refractivity contribution >= 4 is 27.3 Å². The molecular weight excluding hydrogens is 322 g/mol. The molecule has 0 bridgehead atoms. The van der Waals surface area contributed by atoms with E-state index in [1.807, 2.05) is 6.92 Å². The summed E-state index contributed by atoms with van der Waals surface area (Å²) in [6, 6.07) is 2.74. The van der Waals surface area contributed by atoms with Crippen LogP contribution in [0.5, 0.6) is 0 Å². The van der Waals surface area contributed by atoms with Gasteiger partial charge in [0.1, 0.15) is 4.21 Å². The van der Waals surface area contributed by atoms with Gasteiger partial charge in [-0.25, -0.2) is 13.1 Å². The number of nitrogens with zero attached hydrogens (tertiary/aromatic N) is 1. The number of hydrogen-bond acceptors (Lipinski definition) is 5. The second-order valence-corrected chi connectivity index (χ2v) is 8.44. The molecule has 0 saturated carbocycles. The van der Waals surface area contributed by atoms with Gasteiger partial charge in [-0.1, -0.05) is 19.4 Å². The van der Waals surface area contributed by atoms with Crippen molar-refractivity contribution in [1.29, 1.82) is 0 Å². The lowest BCUT2D eigenvalue weighted by atomic mass is 10.0. The minimum absolute atomic E-state index is 0.0265. The predicted octanol–water partition coefficient (Wildman–Crippen LogP) is 1.14. The van der Waals surface area contributed by atoms with Crippen molar-refractivity contribution in [1.82, 2.24) is 9.62 Å². The average molecular weight is 345 g/mol. The Hall–Kier alpha value is -0.960. The predicted molar refractivity (Wildman–Crippen MR) is 87.1 cm³/mol. The Kier molecular flexibility index (Phi) is 5.96. The van der Waals surface area contributed by atoms with Crippen LogP contribution in [0, 0.1) is 0 Å². The van der Waals surface area contributed by atoms with Gasteiger partial charge in [0.15, 0.2) is 0 Å². The summed E-state index contributed by atoms with van der Waals surface area (Å²) in [5.41, 5.74) is 5.86. The van der Waals surface area contributed by atoms with Crippen LogP contribution in [0.1, 0.15) is 32.6 Å². The molecule has 1 fully saturated rings. The first-order valence-electron chi connectivity index (χ1n) is 7.54. The zero-order chi connectivity index (χ0) is 16.2. The van der Waals surface area contributed by atoms with E-state index in [9.17, 15) is 13.2 Å². The maximum atomic E-state index is 12.2. The SMILES string of the molecule is CCCC(N)C(=O)N1CCC(NS(=O)(=O)c2cccs2)CC1. The monoisotopic (exact) mass is 345 g/mol. The van der Waals surface area contributed by atoms with E-state index in [1.165, 1.54) is 11.3 Å². The molecule has 0 radical (unpaired) electrons. The minimum atomic E-state index is -3.44. The minimum Gasteiger partial charge on any atom is -0.341 e. The summed E-state index contributed by atoms with van der Waals surface area (Å²) < 4.78 is 27.4. The van der Waals surface area contributed by atoms with Crippen LogP contribution in [0.2, 0.25) is 0 Å². The van der Waals surface area contributed by atoms with Gasteiger partial charge in [-0.05, 0) is 30.7 Å². The van der Waals surface area contributed by atoms with Crippen molar-refractivity contribution in [3.05, 3.63) is 17.5 Å². The van der Waals surface area contributed by atoms with E-state index in [2.05, 4.69) is 4.72 Å². The van der Waals surface area contributed by atoms with E-state index in [0.717, 1.165) is 6.42 Å². The molecule has 1 aliphatic rings. The van der Waals surface area contributed by atoms with Crippen LogP contribution in [-0.4, -0.2) is 44.4 Å². The van der Waals surface area contributed by atoms with Crippen molar-refractivity contribution < 1.29 is 13.2 Å². The van der Waals surface area contributed by atoms with Gasteiger partial charge < -0.3 is 10.6 Å². The fourth-order valence-electron chi connectivity index (χ4n) is 2.58. The first-order valence-corrected chi connectivity index (χ1v) is 9.90. The summed E-state index contributed by atoms with van der Waals surface area (Å²) in [5, 5.41) is 1.74. The number of hydrogen-bond donors (Lipinski definition) is 2. The van der Waals surface area contributed by atoms with Crippen LogP contribution >= 0.6 is 11.3 Å². The second kappa shape index (κ2) is 7.54. The Labute approximate surface area is 135 Å². The fourth-order valence-corrected chi connectivity index (χ4v) is 4.90. The maximum absolute atomic E-state index is 12.2. The van der Waals surface area contributed by atoms with Crippen LogP contribution in [-0.2, 0) is 14.8 Å². The maximum Gasteiger partial charge on any atom is 0.250 e. The number of rotatable bonds is 6. The number of piperidine rings is 1. The highest BCUT2D eigenvalue weighted by atomic mass is 32.2. The highest BCUT2D eigenvalue weighted by molar-refractivity contribution is 7.91. The Morgan fingerprint density at radius 3 is 2.73 bits per heavy atom. The smallest absolute Gasteiger partial charge is 0.250 e. The third-order valence-electron chi connectivity index (χ3n) is 3.81. The summed E-state index contributed by atoms with van der Waals surface area (Å²) in [6.45, 7) is 3.10. The molecule has 1 aromatic heterocycles. The number of likely N-dealkylation sites (tertiary alicyclic amines) is 1. The zero-order valence-electron chi connectivity index (χ0n) is 12.7. The van der Waals surface area contributed by atoms with Crippen molar-refractivity contribution in [2.45, 2.75) is 48.9 Å². The van der Waals surface area contributed by atoms with Gasteiger partial charge >= 0.3 is 0 Å². The zero-order valence-corrected chi connectivity index (χ0v) is 14.3. The lowest BCUT2D eigenvalue weighted by Gasteiger charge is -2.33. The van der Waals surface area contributed by atoms with Gasteiger partial charge in [0.25, 0.3) is 0 Å². The lowest BCUT2D eigenvalue weighted by Crippen LogP contribution is -2.50. The van der Waals surface area contributed by atoms with Gasteiger partial charge in [0.05, 0.1) is 6.04 Å². The average Bonchev–Trinajstić information content (AvgIpc) is 3.02. The summed E-state index contributed by atoms with van der Waals surface area (Å²) >= 11 is 1.20. The van der Waals surface area contributed by atoms with Crippen molar-refractivity contribution in [2.75, 3.05) is 13.1 Å². The topological polar surface area (TPSA) is 92.5 Å². The molecule has 1 unspecified atom stereocenters. The van der Waals surface area contributed by atoms with Crippen LogP contribution in [0.3, 0.4) is 0 Å². The third-order valence-corrected chi connectivity index (χ3v) is 6.72.